The molecule has 0 fully saturated rings. The van der Waals surface area contributed by atoms with Crippen LogP contribution < -0.4 is 0 Å². The van der Waals surface area contributed by atoms with Gasteiger partial charge < -0.3 is 14.7 Å². The molecule has 0 amide bonds. The molecule has 0 rings (SSSR count). The van der Waals surface area contributed by atoms with E-state index in [4.69, 9.17) is 18.3 Å². The highest BCUT2D eigenvalue weighted by atomic mass is 31.2. The molecule has 0 aromatic heterocycles. The summed E-state index contributed by atoms with van der Waals surface area (Å²) in [4.78, 5) is 14.5. The first kappa shape index (κ1) is 50.5. The first-order chi connectivity index (χ1) is 24.9. The van der Waals surface area contributed by atoms with E-state index in [1.165, 1.54) is 77.0 Å². The van der Waals surface area contributed by atoms with E-state index in [-0.39, 0.29) is 18.7 Å². The van der Waals surface area contributed by atoms with Crippen LogP contribution >= 0.6 is 7.82 Å². The molecule has 306 valence electrons. The fourth-order valence-electron chi connectivity index (χ4n) is 6.36. The van der Waals surface area contributed by atoms with Gasteiger partial charge in [-0.3, -0.25) is 18.4 Å². The molecule has 9 heteroatoms. The first-order valence-corrected chi connectivity index (χ1v) is 23.4. The fraction of sp³-hybridized carbons (Fsp3) is 0.976. The lowest BCUT2D eigenvalue weighted by Crippen LogP contribution is -2.29. The zero-order chi connectivity index (χ0) is 37.5. The number of aliphatic hydroxyl groups excluding tert-OH is 1. The second-order valence-corrected chi connectivity index (χ2v) is 16.5. The number of hydrogen-bond acceptors (Lipinski definition) is 8. The van der Waals surface area contributed by atoms with Crippen molar-refractivity contribution in [1.29, 1.82) is 0 Å². The maximum atomic E-state index is 13.3. The van der Waals surface area contributed by atoms with Gasteiger partial charge >= 0.3 is 13.8 Å². The number of hydrogen-bond donors (Lipinski definition) is 1. The van der Waals surface area contributed by atoms with E-state index in [1.54, 1.807) is 0 Å². The third-order valence-corrected chi connectivity index (χ3v) is 11.2. The zero-order valence-electron chi connectivity index (χ0n) is 34.3. The Morgan fingerprint density at radius 1 is 0.529 bits per heavy atom. The average Bonchev–Trinajstić information content (AvgIpc) is 3.11. The summed E-state index contributed by atoms with van der Waals surface area (Å²) in [5.41, 5.74) is 0. The molecule has 0 saturated heterocycles. The van der Waals surface area contributed by atoms with Crippen LogP contribution in [0.15, 0.2) is 0 Å². The van der Waals surface area contributed by atoms with Crippen molar-refractivity contribution in [1.82, 2.24) is 4.90 Å². The predicted molar refractivity (Wildman–Crippen MR) is 215 cm³/mol. The first-order valence-electron chi connectivity index (χ1n) is 22.0. The van der Waals surface area contributed by atoms with E-state index in [9.17, 15) is 14.5 Å². The van der Waals surface area contributed by atoms with Gasteiger partial charge in [-0.2, -0.15) is 0 Å². The van der Waals surface area contributed by atoms with Crippen LogP contribution in [0.1, 0.15) is 214 Å². The molecule has 0 aromatic carbocycles. The van der Waals surface area contributed by atoms with E-state index in [2.05, 4.69) is 25.7 Å². The maximum Gasteiger partial charge on any atom is 0.474 e. The molecular formula is C42H86NO7P. The topological polar surface area (TPSA) is 94.5 Å². The Labute approximate surface area is 316 Å². The lowest BCUT2D eigenvalue weighted by Gasteiger charge is -2.21. The minimum Gasteiger partial charge on any atom is -0.463 e. The lowest BCUT2D eigenvalue weighted by molar-refractivity contribution is -0.148. The van der Waals surface area contributed by atoms with Crippen LogP contribution in [-0.4, -0.2) is 68.1 Å². The summed E-state index contributed by atoms with van der Waals surface area (Å²) >= 11 is 0. The maximum absolute atomic E-state index is 13.3. The number of phosphoric acid groups is 1. The van der Waals surface area contributed by atoms with Crippen molar-refractivity contribution in [2.24, 2.45) is 0 Å². The smallest absolute Gasteiger partial charge is 0.463 e. The van der Waals surface area contributed by atoms with Gasteiger partial charge in [-0.15, -0.1) is 0 Å². The summed E-state index contributed by atoms with van der Waals surface area (Å²) in [6, 6.07) is 0. The molecule has 0 saturated carbocycles. The van der Waals surface area contributed by atoms with Crippen molar-refractivity contribution in [3.63, 3.8) is 0 Å². The number of phosphoric ester groups is 1. The summed E-state index contributed by atoms with van der Waals surface area (Å²) in [5.74, 6) is -0.0432. The number of carbonyl (C=O) groups is 1. The Morgan fingerprint density at radius 3 is 1.33 bits per heavy atom. The second-order valence-electron chi connectivity index (χ2n) is 14.8. The number of carbonyl (C=O) groups excluding carboxylic acids is 1. The number of esters is 1. The Kier molecular flexibility index (Phi) is 38.8. The van der Waals surface area contributed by atoms with E-state index in [0.29, 0.717) is 26.2 Å². The van der Waals surface area contributed by atoms with E-state index >= 15 is 0 Å². The summed E-state index contributed by atoms with van der Waals surface area (Å²) in [6.07, 6.45) is 32.2. The number of aliphatic hydroxyl groups is 1. The molecule has 0 bridgehead atoms. The molecule has 8 nitrogen and oxygen atoms in total. The van der Waals surface area contributed by atoms with Crippen molar-refractivity contribution >= 4 is 13.8 Å². The number of ether oxygens (including phenoxy) is 1. The van der Waals surface area contributed by atoms with E-state index in [1.807, 2.05) is 6.92 Å². The highest BCUT2D eigenvalue weighted by Gasteiger charge is 2.26. The van der Waals surface area contributed by atoms with Gasteiger partial charge in [0.1, 0.15) is 0 Å². The second kappa shape index (κ2) is 39.2. The van der Waals surface area contributed by atoms with Gasteiger partial charge in [-0.25, -0.2) is 4.57 Å². The molecule has 1 N–H and O–H groups in total. The predicted octanol–water partition coefficient (Wildman–Crippen LogP) is 12.7. The third-order valence-electron chi connectivity index (χ3n) is 9.68. The molecule has 0 aromatic rings. The minimum atomic E-state index is -3.51. The van der Waals surface area contributed by atoms with E-state index < -0.39 is 7.82 Å². The van der Waals surface area contributed by atoms with Gasteiger partial charge in [0.15, 0.2) is 0 Å². The Bertz CT molecular complexity index is 749. The van der Waals surface area contributed by atoms with Crippen LogP contribution in [0.2, 0.25) is 0 Å². The van der Waals surface area contributed by atoms with Gasteiger partial charge in [-0.1, -0.05) is 149 Å². The quantitative estimate of drug-likeness (QED) is 0.0375. The van der Waals surface area contributed by atoms with Crippen LogP contribution in [0.25, 0.3) is 0 Å². The van der Waals surface area contributed by atoms with Crippen molar-refractivity contribution in [3.05, 3.63) is 0 Å². The standard InChI is InChI=1S/C42H86NO7P/c1-5-8-11-14-22-29-38-47-51(46,48-39-30-23-15-12-9-6-2)49-40-31-24-17-21-28-35-43(36-37-44)34-27-20-16-19-26-33-42(45)50-41(4)32-25-18-13-10-7-3/h41,44H,5-40H2,1-4H3. The van der Waals surface area contributed by atoms with Crippen molar-refractivity contribution in [2.45, 2.75) is 220 Å². The monoisotopic (exact) mass is 748 g/mol. The largest absolute Gasteiger partial charge is 0.474 e. The molecule has 0 radical (unpaired) electrons. The molecule has 1 atom stereocenters. The van der Waals surface area contributed by atoms with E-state index in [0.717, 1.165) is 122 Å². The summed E-state index contributed by atoms with van der Waals surface area (Å²) < 4.78 is 36.2. The zero-order valence-corrected chi connectivity index (χ0v) is 35.2. The minimum absolute atomic E-state index is 0.0369. The van der Waals surface area contributed by atoms with Gasteiger partial charge in [-0.05, 0) is 71.4 Å². The van der Waals surface area contributed by atoms with Crippen LogP contribution in [0.5, 0.6) is 0 Å². The Balaban J connectivity index is 4.08. The summed E-state index contributed by atoms with van der Waals surface area (Å²) in [6.45, 7) is 12.9. The molecule has 0 aliphatic rings. The highest BCUT2D eigenvalue weighted by molar-refractivity contribution is 7.48. The van der Waals surface area contributed by atoms with Gasteiger partial charge in [0.25, 0.3) is 0 Å². The normalized spacial score (nSPS) is 12.6. The Hall–Kier alpha value is -0.500. The van der Waals surface area contributed by atoms with Crippen LogP contribution in [0, 0.1) is 0 Å². The highest BCUT2D eigenvalue weighted by Crippen LogP contribution is 2.50. The molecule has 51 heavy (non-hydrogen) atoms. The Morgan fingerprint density at radius 2 is 0.902 bits per heavy atom. The molecule has 0 aliphatic heterocycles. The van der Waals surface area contributed by atoms with Crippen LogP contribution in [-0.2, 0) is 27.7 Å². The molecule has 0 aliphatic carbocycles. The molecule has 0 spiro atoms. The number of nitrogens with zero attached hydrogens (tertiary/aromatic N) is 1. The molecular weight excluding hydrogens is 661 g/mol. The van der Waals surface area contributed by atoms with Crippen LogP contribution in [0.4, 0.5) is 0 Å². The molecule has 0 heterocycles. The SMILES string of the molecule is CCCCCCCCOP(=O)(OCCCCCCCC)OCCCCCCCN(CCO)CCCCCCCC(=O)OC(C)CCCCCCC. The number of unbranched alkanes of at least 4 members (excludes halogenated alkanes) is 22. The van der Waals surface area contributed by atoms with Crippen LogP contribution in [0.3, 0.4) is 0 Å². The van der Waals surface area contributed by atoms with Gasteiger partial charge in [0.2, 0.25) is 0 Å². The summed E-state index contributed by atoms with van der Waals surface area (Å²) in [5, 5.41) is 9.55. The third kappa shape index (κ3) is 36.3. The molecule has 1 unspecified atom stereocenters. The van der Waals surface area contributed by atoms with Gasteiger partial charge in [0, 0.05) is 13.0 Å². The van der Waals surface area contributed by atoms with Crippen molar-refractivity contribution in [2.75, 3.05) is 46.1 Å². The van der Waals surface area contributed by atoms with Gasteiger partial charge in [0.05, 0.1) is 32.5 Å². The van der Waals surface area contributed by atoms with Crippen molar-refractivity contribution in [3.8, 4) is 0 Å². The fourth-order valence-corrected chi connectivity index (χ4v) is 7.64. The lowest BCUT2D eigenvalue weighted by atomic mass is 10.1. The van der Waals surface area contributed by atoms with Crippen molar-refractivity contribution < 1.29 is 32.8 Å². The summed E-state index contributed by atoms with van der Waals surface area (Å²) in [7, 11) is -3.51. The number of rotatable bonds is 42. The average molecular weight is 748 g/mol.